The molecule has 0 bridgehead atoms. The van der Waals surface area contributed by atoms with Crippen LogP contribution in [0.15, 0.2) is 72.8 Å². The van der Waals surface area contributed by atoms with E-state index in [1.165, 1.54) is 18.2 Å². The third-order valence-corrected chi connectivity index (χ3v) is 7.35. The van der Waals surface area contributed by atoms with E-state index in [0.717, 1.165) is 63.5 Å². The van der Waals surface area contributed by atoms with Crippen molar-refractivity contribution in [3.63, 3.8) is 0 Å². The van der Waals surface area contributed by atoms with E-state index >= 15 is 0 Å². The Hall–Kier alpha value is -3.88. The molecular weight excluding hydrogens is 556 g/mol. The first-order valence-electron chi connectivity index (χ1n) is 15.8. The number of methoxy groups -OCH3 is 1. The topological polar surface area (TPSA) is 106 Å². The Morgan fingerprint density at radius 1 is 0.818 bits per heavy atom. The second kappa shape index (κ2) is 20.1. The highest BCUT2D eigenvalue weighted by molar-refractivity contribution is 5.92. The van der Waals surface area contributed by atoms with Gasteiger partial charge in [0, 0.05) is 13.1 Å². The normalized spacial score (nSPS) is 11.5. The van der Waals surface area contributed by atoms with E-state index in [0.29, 0.717) is 36.6 Å². The van der Waals surface area contributed by atoms with Crippen LogP contribution in [0.4, 0.5) is 4.79 Å². The second-order valence-corrected chi connectivity index (χ2v) is 10.9. The number of carbonyl (C=O) groups excluding carboxylic acids is 2. The summed E-state index contributed by atoms with van der Waals surface area (Å²) in [5.41, 5.74) is 4.57. The zero-order valence-electron chi connectivity index (χ0n) is 26.2. The van der Waals surface area contributed by atoms with Crippen molar-refractivity contribution < 1.29 is 28.9 Å². The van der Waals surface area contributed by atoms with Gasteiger partial charge in [-0.25, -0.2) is 9.59 Å². The van der Waals surface area contributed by atoms with E-state index in [1.54, 1.807) is 18.2 Å². The summed E-state index contributed by atoms with van der Waals surface area (Å²) in [6, 6.07) is 23.6. The quantitative estimate of drug-likeness (QED) is 0.0992. The van der Waals surface area contributed by atoms with Crippen molar-refractivity contribution in [2.45, 2.75) is 71.0 Å². The first-order chi connectivity index (χ1) is 21.5. The number of aliphatic hydroxyl groups excluding tert-OH is 1. The third kappa shape index (κ3) is 12.8. The van der Waals surface area contributed by atoms with Gasteiger partial charge >= 0.3 is 12.1 Å². The average molecular weight is 605 g/mol. The number of rotatable bonds is 20. The van der Waals surface area contributed by atoms with Crippen LogP contribution in [0.1, 0.15) is 84.2 Å². The zero-order valence-corrected chi connectivity index (χ0v) is 26.2. The van der Waals surface area contributed by atoms with Crippen LogP contribution in [0.2, 0.25) is 0 Å². The van der Waals surface area contributed by atoms with Gasteiger partial charge in [0.15, 0.2) is 0 Å². The highest BCUT2D eigenvalue weighted by atomic mass is 16.5. The van der Waals surface area contributed by atoms with Crippen molar-refractivity contribution >= 4 is 12.1 Å². The summed E-state index contributed by atoms with van der Waals surface area (Å²) in [5.74, 6) is 0.00581. The minimum atomic E-state index is -0.736. The lowest BCUT2D eigenvalue weighted by atomic mass is 10.0. The minimum Gasteiger partial charge on any atom is -0.493 e. The molecule has 0 aliphatic rings. The van der Waals surface area contributed by atoms with Crippen LogP contribution in [-0.2, 0) is 28.9 Å². The SMILES string of the molecule is CCCCOc1ccc([C@@H](O)CNCCCCc2ccc(CCCCNC(=O)OCc3ccccc3)cc2)cc1C(=O)OC. The summed E-state index contributed by atoms with van der Waals surface area (Å²) in [4.78, 5) is 24.1. The number of unbranched alkanes of at least 4 members (excludes halogenated alkanes) is 3. The lowest BCUT2D eigenvalue weighted by Gasteiger charge is -2.16. The summed E-state index contributed by atoms with van der Waals surface area (Å²) < 4.78 is 15.9. The number of ether oxygens (including phenoxy) is 3. The highest BCUT2D eigenvalue weighted by Crippen LogP contribution is 2.25. The van der Waals surface area contributed by atoms with E-state index in [4.69, 9.17) is 14.2 Å². The van der Waals surface area contributed by atoms with Gasteiger partial charge in [-0.3, -0.25) is 0 Å². The molecule has 0 saturated carbocycles. The van der Waals surface area contributed by atoms with Crippen LogP contribution in [0.3, 0.4) is 0 Å². The van der Waals surface area contributed by atoms with Gasteiger partial charge in [-0.1, -0.05) is 74.0 Å². The lowest BCUT2D eigenvalue weighted by molar-refractivity contribution is 0.0595. The maximum absolute atomic E-state index is 12.2. The van der Waals surface area contributed by atoms with Crippen LogP contribution < -0.4 is 15.4 Å². The first-order valence-corrected chi connectivity index (χ1v) is 15.8. The Bertz CT molecular complexity index is 1250. The summed E-state index contributed by atoms with van der Waals surface area (Å²) in [6.45, 7) is 4.69. The molecule has 0 saturated heterocycles. The molecule has 8 heteroatoms. The van der Waals surface area contributed by atoms with Crippen LogP contribution in [0.5, 0.6) is 5.75 Å². The molecule has 0 radical (unpaired) electrons. The molecule has 3 aromatic carbocycles. The molecule has 0 unspecified atom stereocenters. The highest BCUT2D eigenvalue weighted by Gasteiger charge is 2.17. The number of nitrogens with one attached hydrogen (secondary N) is 2. The molecule has 1 amide bonds. The molecular formula is C36H48N2O6. The number of hydrogen-bond donors (Lipinski definition) is 3. The number of aliphatic hydroxyl groups is 1. The zero-order chi connectivity index (χ0) is 31.4. The molecule has 238 valence electrons. The van der Waals surface area contributed by atoms with Gasteiger partial charge < -0.3 is 30.0 Å². The molecule has 3 N–H and O–H groups in total. The molecule has 3 aromatic rings. The van der Waals surface area contributed by atoms with Gasteiger partial charge in [0.25, 0.3) is 0 Å². The molecule has 8 nitrogen and oxygen atoms in total. The van der Waals surface area contributed by atoms with Crippen molar-refractivity contribution in [2.24, 2.45) is 0 Å². The third-order valence-electron chi connectivity index (χ3n) is 7.35. The molecule has 3 rings (SSSR count). The Morgan fingerprint density at radius 3 is 2.16 bits per heavy atom. The minimum absolute atomic E-state index is 0.282. The van der Waals surface area contributed by atoms with Crippen LogP contribution in [-0.4, -0.2) is 50.5 Å². The predicted molar refractivity (Wildman–Crippen MR) is 173 cm³/mol. The number of amides is 1. The molecule has 0 aliphatic heterocycles. The number of aryl methyl sites for hydroxylation is 2. The fourth-order valence-corrected chi connectivity index (χ4v) is 4.70. The molecule has 0 aliphatic carbocycles. The monoisotopic (exact) mass is 604 g/mol. The molecule has 0 spiro atoms. The lowest BCUT2D eigenvalue weighted by Crippen LogP contribution is -2.25. The summed E-state index contributed by atoms with van der Waals surface area (Å²) in [5, 5.41) is 16.8. The summed E-state index contributed by atoms with van der Waals surface area (Å²) in [7, 11) is 1.34. The summed E-state index contributed by atoms with van der Waals surface area (Å²) >= 11 is 0. The molecule has 44 heavy (non-hydrogen) atoms. The Labute approximate surface area is 262 Å². The van der Waals surface area contributed by atoms with Gasteiger partial charge in [-0.2, -0.15) is 0 Å². The molecule has 0 fully saturated rings. The van der Waals surface area contributed by atoms with Gasteiger partial charge in [-0.05, 0) is 85.9 Å². The van der Waals surface area contributed by atoms with Gasteiger partial charge in [-0.15, -0.1) is 0 Å². The maximum atomic E-state index is 12.2. The van der Waals surface area contributed by atoms with Crippen molar-refractivity contribution in [1.82, 2.24) is 10.6 Å². The molecule has 1 atom stereocenters. The Morgan fingerprint density at radius 2 is 1.50 bits per heavy atom. The smallest absolute Gasteiger partial charge is 0.407 e. The largest absolute Gasteiger partial charge is 0.493 e. The standard InChI is InChI=1S/C36H48N2O6/c1-3-4-24-43-34-21-20-31(25-32(34)35(40)42-2)33(39)26-37-22-10-8-12-28-16-18-29(19-17-28)13-9-11-23-38-36(41)44-27-30-14-6-5-7-15-30/h5-7,14-21,25,33,37,39H,3-4,8-13,22-24,26-27H2,1-2H3,(H,38,41)/t33-/m0/s1. The maximum Gasteiger partial charge on any atom is 0.407 e. The fourth-order valence-electron chi connectivity index (χ4n) is 4.70. The van der Waals surface area contributed by atoms with E-state index in [-0.39, 0.29) is 12.7 Å². The van der Waals surface area contributed by atoms with Crippen LogP contribution in [0.25, 0.3) is 0 Å². The number of alkyl carbamates (subject to hydrolysis) is 1. The van der Waals surface area contributed by atoms with E-state index < -0.39 is 12.1 Å². The van der Waals surface area contributed by atoms with E-state index in [9.17, 15) is 14.7 Å². The van der Waals surface area contributed by atoms with Crippen molar-refractivity contribution in [3.8, 4) is 5.75 Å². The Balaban J connectivity index is 1.26. The van der Waals surface area contributed by atoms with Gasteiger partial charge in [0.05, 0.1) is 19.8 Å². The molecule has 0 aromatic heterocycles. The number of benzene rings is 3. The fraction of sp³-hybridized carbons (Fsp3) is 0.444. The number of hydrogen-bond acceptors (Lipinski definition) is 7. The first kappa shape index (κ1) is 34.6. The second-order valence-electron chi connectivity index (χ2n) is 10.9. The van der Waals surface area contributed by atoms with Crippen LogP contribution in [0, 0.1) is 0 Å². The van der Waals surface area contributed by atoms with Gasteiger partial charge in [0.2, 0.25) is 0 Å². The van der Waals surface area contributed by atoms with E-state index in [2.05, 4.69) is 41.8 Å². The summed E-state index contributed by atoms with van der Waals surface area (Å²) in [6.07, 6.45) is 6.70. The van der Waals surface area contributed by atoms with Crippen molar-refractivity contribution in [2.75, 3.05) is 33.4 Å². The molecule has 0 heterocycles. The van der Waals surface area contributed by atoms with Crippen LogP contribution >= 0.6 is 0 Å². The number of carbonyl (C=O) groups is 2. The van der Waals surface area contributed by atoms with Crippen molar-refractivity contribution in [3.05, 3.63) is 101 Å². The number of esters is 1. The Kier molecular flexibility index (Phi) is 15.8. The average Bonchev–Trinajstić information content (AvgIpc) is 3.06. The van der Waals surface area contributed by atoms with E-state index in [1.807, 2.05) is 30.3 Å². The van der Waals surface area contributed by atoms with Crippen molar-refractivity contribution in [1.29, 1.82) is 0 Å². The van der Waals surface area contributed by atoms with Gasteiger partial charge in [0.1, 0.15) is 17.9 Å². The predicted octanol–water partition coefficient (Wildman–Crippen LogP) is 6.55.